The van der Waals surface area contributed by atoms with Crippen molar-refractivity contribution in [1.29, 1.82) is 0 Å². The molecule has 0 amide bonds. The van der Waals surface area contributed by atoms with E-state index in [-0.39, 0.29) is 0 Å². The van der Waals surface area contributed by atoms with Crippen molar-refractivity contribution in [1.82, 2.24) is 20.0 Å². The second-order valence-electron chi connectivity index (χ2n) is 7.34. The molecule has 6 nitrogen and oxygen atoms in total. The van der Waals surface area contributed by atoms with E-state index in [1.165, 1.54) is 12.3 Å². The van der Waals surface area contributed by atoms with Crippen LogP contribution in [0.4, 0.5) is 19.0 Å². The summed E-state index contributed by atoms with van der Waals surface area (Å²) < 4.78 is 38.3. The minimum atomic E-state index is -4.46. The summed E-state index contributed by atoms with van der Waals surface area (Å²) >= 11 is 6.06. The molecule has 1 N–H and O–H groups in total. The topological polar surface area (TPSA) is 71.0 Å². The highest BCUT2D eigenvalue weighted by atomic mass is 35.5. The number of carbonyl (C=O) groups excluding carboxylic acids is 1. The first kappa shape index (κ1) is 25.8. The van der Waals surface area contributed by atoms with Crippen LogP contribution in [0.1, 0.15) is 11.3 Å². The third-order valence-corrected chi connectivity index (χ3v) is 5.16. The first-order valence-corrected chi connectivity index (χ1v) is 10.6. The molecule has 3 heterocycles. The van der Waals surface area contributed by atoms with Crippen LogP contribution in [0.5, 0.6) is 0 Å². The highest BCUT2D eigenvalue weighted by Crippen LogP contribution is 2.37. The van der Waals surface area contributed by atoms with Crippen molar-refractivity contribution in [2.24, 2.45) is 0 Å². The Morgan fingerprint density at radius 3 is 2.20 bits per heavy atom. The van der Waals surface area contributed by atoms with Crippen LogP contribution in [0.15, 0.2) is 79.4 Å². The van der Waals surface area contributed by atoms with E-state index < -0.39 is 11.9 Å². The van der Waals surface area contributed by atoms with Crippen LogP contribution in [0, 0.1) is 0 Å². The number of pyridine rings is 3. The van der Waals surface area contributed by atoms with E-state index >= 15 is 0 Å². The van der Waals surface area contributed by atoms with Crippen LogP contribution in [0.2, 0.25) is 5.02 Å². The van der Waals surface area contributed by atoms with Crippen LogP contribution in [0.3, 0.4) is 0 Å². The number of hydrogen-bond donors (Lipinski definition) is 1. The molecular formula is C25H21ClF3N5O. The molecule has 0 radical (unpaired) electrons. The predicted octanol–water partition coefficient (Wildman–Crippen LogP) is 6.15. The number of nitrogens with one attached hydrogen (secondary N) is 1. The van der Waals surface area contributed by atoms with E-state index in [0.717, 1.165) is 28.3 Å². The van der Waals surface area contributed by atoms with E-state index in [9.17, 15) is 13.2 Å². The number of hydrazine groups is 1. The van der Waals surface area contributed by atoms with Crippen molar-refractivity contribution < 1.29 is 18.0 Å². The summed E-state index contributed by atoms with van der Waals surface area (Å²) in [5.74, 6) is 0.594. The molecule has 4 aromatic rings. The Kier molecular flexibility index (Phi) is 8.51. The Labute approximate surface area is 205 Å². The summed E-state index contributed by atoms with van der Waals surface area (Å²) in [6.45, 7) is 2.31. The Bertz CT molecular complexity index is 1240. The van der Waals surface area contributed by atoms with Crippen LogP contribution < -0.4 is 5.43 Å². The predicted molar refractivity (Wildman–Crippen MR) is 129 cm³/mol. The largest absolute Gasteiger partial charge is 0.433 e. The van der Waals surface area contributed by atoms with Crippen molar-refractivity contribution in [2.75, 3.05) is 12.5 Å². The lowest BCUT2D eigenvalue weighted by atomic mass is 9.96. The van der Waals surface area contributed by atoms with E-state index in [2.05, 4.69) is 20.4 Å². The number of aromatic nitrogens is 3. The second kappa shape index (κ2) is 11.5. The molecule has 1 aromatic carbocycles. The molecule has 0 unspecified atom stereocenters. The highest BCUT2D eigenvalue weighted by Gasteiger charge is 2.32. The fraction of sp³-hybridized carbons (Fsp3) is 0.120. The molecular weight excluding hydrogens is 479 g/mol. The van der Waals surface area contributed by atoms with Crippen LogP contribution >= 0.6 is 11.6 Å². The van der Waals surface area contributed by atoms with Gasteiger partial charge in [0.2, 0.25) is 0 Å². The van der Waals surface area contributed by atoms with Gasteiger partial charge < -0.3 is 10.2 Å². The Balaban J connectivity index is 0.00000167. The normalized spacial score (nSPS) is 11.0. The Morgan fingerprint density at radius 1 is 0.914 bits per heavy atom. The molecule has 0 saturated carbocycles. The van der Waals surface area contributed by atoms with Crippen LogP contribution in [-0.4, -0.2) is 33.8 Å². The van der Waals surface area contributed by atoms with Gasteiger partial charge in [0.05, 0.1) is 0 Å². The smallest absolute Gasteiger partial charge is 0.307 e. The van der Waals surface area contributed by atoms with Gasteiger partial charge in [-0.25, -0.2) is 9.99 Å². The van der Waals surface area contributed by atoms with Gasteiger partial charge in [0.25, 0.3) is 0 Å². The van der Waals surface area contributed by atoms with Crippen LogP contribution in [-0.2, 0) is 17.5 Å². The molecule has 35 heavy (non-hydrogen) atoms. The average Bonchev–Trinajstić information content (AvgIpc) is 2.86. The van der Waals surface area contributed by atoms with E-state index in [1.807, 2.05) is 49.3 Å². The van der Waals surface area contributed by atoms with Crippen LogP contribution in [0.25, 0.3) is 22.3 Å². The lowest BCUT2D eigenvalue weighted by Crippen LogP contribution is -2.26. The molecule has 0 bridgehead atoms. The van der Waals surface area contributed by atoms with Crippen molar-refractivity contribution in [3.8, 4) is 22.3 Å². The third kappa shape index (κ3) is 6.62. The maximum absolute atomic E-state index is 12.8. The van der Waals surface area contributed by atoms with Gasteiger partial charge >= 0.3 is 6.18 Å². The lowest BCUT2D eigenvalue weighted by molar-refractivity contribution is -0.141. The highest BCUT2D eigenvalue weighted by molar-refractivity contribution is 6.30. The number of anilines is 1. The molecule has 0 aliphatic heterocycles. The molecule has 180 valence electrons. The van der Waals surface area contributed by atoms with Gasteiger partial charge in [-0.1, -0.05) is 29.8 Å². The number of carbonyl (C=O) groups is 1. The maximum atomic E-state index is 12.8. The maximum Gasteiger partial charge on any atom is 0.433 e. The summed E-state index contributed by atoms with van der Waals surface area (Å²) in [6.07, 6.45) is 1.87. The first-order valence-electron chi connectivity index (χ1n) is 10.3. The van der Waals surface area contributed by atoms with Crippen molar-refractivity contribution in [3.05, 3.63) is 95.7 Å². The first-order chi connectivity index (χ1) is 16.8. The van der Waals surface area contributed by atoms with E-state index in [1.54, 1.807) is 30.6 Å². The zero-order valence-electron chi connectivity index (χ0n) is 18.6. The monoisotopic (exact) mass is 499 g/mol. The minimum Gasteiger partial charge on any atom is -0.307 e. The molecule has 0 fully saturated rings. The van der Waals surface area contributed by atoms with Gasteiger partial charge in [-0.3, -0.25) is 9.97 Å². The minimum absolute atomic E-state index is 0.313. The standard InChI is InChI=1S/C24H19ClF3N5.CH2O/c1-33(15-16-2-7-21(31-14-16)24(26,27)28)32-23-22(18-8-11-29-12-9-18)20(10-13-30-23)17-3-5-19(25)6-4-17;1-2/h2-14H,15H2,1H3,(H,30,32);1H2. The summed E-state index contributed by atoms with van der Waals surface area (Å²) in [7, 11) is 1.78. The molecule has 0 atom stereocenters. The molecule has 3 aromatic heterocycles. The Morgan fingerprint density at radius 2 is 1.60 bits per heavy atom. The SMILES string of the molecule is C=O.CN(Cc1ccc(C(F)(F)F)nc1)Nc1nccc(-c2ccc(Cl)cc2)c1-c1ccncc1. The Hall–Kier alpha value is -3.82. The number of rotatable bonds is 6. The summed E-state index contributed by atoms with van der Waals surface area (Å²) in [4.78, 5) is 20.1. The molecule has 0 spiro atoms. The number of nitrogens with zero attached hydrogens (tertiary/aromatic N) is 4. The van der Waals surface area contributed by atoms with Gasteiger partial charge in [0.15, 0.2) is 0 Å². The van der Waals surface area contributed by atoms with Crippen molar-refractivity contribution >= 4 is 24.2 Å². The van der Waals surface area contributed by atoms with Gasteiger partial charge in [-0.2, -0.15) is 13.2 Å². The summed E-state index contributed by atoms with van der Waals surface area (Å²) in [5, 5.41) is 2.38. The fourth-order valence-electron chi connectivity index (χ4n) is 3.41. The van der Waals surface area contributed by atoms with E-state index in [0.29, 0.717) is 22.9 Å². The van der Waals surface area contributed by atoms with Gasteiger partial charge in [-0.05, 0) is 58.7 Å². The lowest BCUT2D eigenvalue weighted by Gasteiger charge is -2.22. The fourth-order valence-corrected chi connectivity index (χ4v) is 3.53. The number of alkyl halides is 3. The van der Waals surface area contributed by atoms with Gasteiger partial charge in [-0.15, -0.1) is 0 Å². The molecule has 10 heteroatoms. The van der Waals surface area contributed by atoms with Crippen molar-refractivity contribution in [2.45, 2.75) is 12.7 Å². The summed E-state index contributed by atoms with van der Waals surface area (Å²) in [6, 6.07) is 15.6. The third-order valence-electron chi connectivity index (χ3n) is 4.91. The molecule has 4 rings (SSSR count). The van der Waals surface area contributed by atoms with Gasteiger partial charge in [0, 0.05) is 49.0 Å². The zero-order chi connectivity index (χ0) is 25.4. The number of halogens is 4. The zero-order valence-corrected chi connectivity index (χ0v) is 19.4. The van der Waals surface area contributed by atoms with Crippen molar-refractivity contribution in [3.63, 3.8) is 0 Å². The molecule has 0 saturated heterocycles. The number of hydrogen-bond acceptors (Lipinski definition) is 6. The molecule has 0 aliphatic rings. The molecule has 0 aliphatic carbocycles. The number of benzene rings is 1. The summed E-state index contributed by atoms with van der Waals surface area (Å²) in [5.41, 5.74) is 6.64. The quantitative estimate of drug-likeness (QED) is 0.321. The van der Waals surface area contributed by atoms with E-state index in [4.69, 9.17) is 16.4 Å². The second-order valence-corrected chi connectivity index (χ2v) is 7.78. The van der Waals surface area contributed by atoms with Gasteiger partial charge in [0.1, 0.15) is 18.3 Å². The average molecular weight is 500 g/mol.